The molecule has 11 heteroatoms. The summed E-state index contributed by atoms with van der Waals surface area (Å²) in [6.07, 6.45) is 5.38. The molecule has 0 spiro atoms. The van der Waals surface area contributed by atoms with Gasteiger partial charge in [0.15, 0.2) is 5.65 Å². The Balaban J connectivity index is 1.34. The second-order valence-electron chi connectivity index (χ2n) is 9.78. The summed E-state index contributed by atoms with van der Waals surface area (Å²) in [5.74, 6) is 1.02. The molecule has 0 bridgehead atoms. The number of carbonyl (C=O) groups is 1. The van der Waals surface area contributed by atoms with Crippen molar-refractivity contribution in [2.24, 2.45) is 5.92 Å². The zero-order valence-electron chi connectivity index (χ0n) is 21.5. The number of rotatable bonds is 9. The molecule has 10 nitrogen and oxygen atoms in total. The van der Waals surface area contributed by atoms with Crippen molar-refractivity contribution in [2.75, 3.05) is 32.2 Å². The number of anilines is 1. The Bertz CT molecular complexity index is 1500. The Morgan fingerprint density at radius 1 is 1.10 bits per heavy atom. The fourth-order valence-corrected chi connectivity index (χ4v) is 4.54. The van der Waals surface area contributed by atoms with Gasteiger partial charge in [-0.2, -0.15) is 19.6 Å². The maximum Gasteiger partial charge on any atom is 0.327 e. The zero-order valence-corrected chi connectivity index (χ0v) is 21.5. The summed E-state index contributed by atoms with van der Waals surface area (Å²) in [4.78, 5) is 21.6. The number of hydrogen-bond donors (Lipinski definition) is 2. The van der Waals surface area contributed by atoms with Crippen LogP contribution in [0.15, 0.2) is 48.7 Å². The summed E-state index contributed by atoms with van der Waals surface area (Å²) in [6.45, 7) is 2.16. The van der Waals surface area contributed by atoms with Gasteiger partial charge in [0.1, 0.15) is 17.3 Å². The van der Waals surface area contributed by atoms with Crippen LogP contribution in [0.4, 0.5) is 10.3 Å². The first-order valence-electron chi connectivity index (χ1n) is 13.1. The molecule has 1 amide bonds. The average Bonchev–Trinajstić information content (AvgIpc) is 3.67. The smallest absolute Gasteiger partial charge is 0.327 e. The molecule has 6 rings (SSSR count). The number of nitrogens with zero attached hydrogens (tertiary/aromatic N) is 4. The van der Waals surface area contributed by atoms with E-state index in [1.165, 1.54) is 12.1 Å². The molecule has 1 saturated carbocycles. The van der Waals surface area contributed by atoms with Crippen molar-refractivity contribution in [2.45, 2.75) is 31.7 Å². The van der Waals surface area contributed by atoms with Crippen LogP contribution in [0.25, 0.3) is 16.8 Å². The number of amides is 1. The third kappa shape index (κ3) is 5.63. The molecule has 0 unspecified atom stereocenters. The largest absolute Gasteiger partial charge is 0.497 e. The monoisotopic (exact) mass is 532 g/mol. The van der Waals surface area contributed by atoms with Crippen LogP contribution >= 0.6 is 0 Å². The van der Waals surface area contributed by atoms with Crippen molar-refractivity contribution in [1.29, 1.82) is 0 Å². The van der Waals surface area contributed by atoms with Crippen molar-refractivity contribution in [3.63, 3.8) is 0 Å². The topological polar surface area (TPSA) is 112 Å². The molecule has 2 N–H and O–H groups in total. The summed E-state index contributed by atoms with van der Waals surface area (Å²) in [5.41, 5.74) is 1.56. The summed E-state index contributed by atoms with van der Waals surface area (Å²) < 4.78 is 33.4. The van der Waals surface area contributed by atoms with E-state index in [1.54, 1.807) is 36.0 Å². The SMILES string of the molecule is COc1cccc(Oc2nc(NCC3CCOCC3)n3ncc(-c4ccc(C(=O)NC5CC5)c(F)c4)c3n2)c1. The molecule has 1 saturated heterocycles. The van der Waals surface area contributed by atoms with Gasteiger partial charge in [-0.05, 0) is 61.4 Å². The van der Waals surface area contributed by atoms with Crippen molar-refractivity contribution in [3.05, 3.63) is 60.0 Å². The van der Waals surface area contributed by atoms with Gasteiger partial charge < -0.3 is 24.8 Å². The number of benzene rings is 2. The summed E-state index contributed by atoms with van der Waals surface area (Å²) >= 11 is 0. The molecule has 2 aliphatic rings. The summed E-state index contributed by atoms with van der Waals surface area (Å²) in [7, 11) is 1.58. The molecule has 1 aliphatic heterocycles. The summed E-state index contributed by atoms with van der Waals surface area (Å²) in [5, 5.41) is 10.7. The van der Waals surface area contributed by atoms with Crippen LogP contribution in [0.2, 0.25) is 0 Å². The Labute approximate surface area is 224 Å². The van der Waals surface area contributed by atoms with Gasteiger partial charge in [0.2, 0.25) is 5.95 Å². The second kappa shape index (κ2) is 10.9. The van der Waals surface area contributed by atoms with Gasteiger partial charge in [0, 0.05) is 37.4 Å². The van der Waals surface area contributed by atoms with Gasteiger partial charge in [-0.1, -0.05) is 12.1 Å². The Kier molecular flexibility index (Phi) is 6.97. The quantitative estimate of drug-likeness (QED) is 0.325. The molecule has 2 fully saturated rings. The van der Waals surface area contributed by atoms with E-state index in [9.17, 15) is 4.79 Å². The molecular weight excluding hydrogens is 503 g/mol. The average molecular weight is 533 g/mol. The van der Waals surface area contributed by atoms with E-state index in [-0.39, 0.29) is 17.6 Å². The van der Waals surface area contributed by atoms with Gasteiger partial charge in [0.05, 0.1) is 18.9 Å². The molecule has 0 radical (unpaired) electrons. The van der Waals surface area contributed by atoms with Crippen LogP contribution in [0.5, 0.6) is 17.5 Å². The zero-order chi connectivity index (χ0) is 26.8. The van der Waals surface area contributed by atoms with Gasteiger partial charge in [-0.25, -0.2) is 4.39 Å². The minimum Gasteiger partial charge on any atom is -0.497 e. The van der Waals surface area contributed by atoms with Crippen molar-refractivity contribution >= 4 is 17.5 Å². The Hall–Kier alpha value is -4.25. The normalized spacial score (nSPS) is 15.7. The maximum atomic E-state index is 15.0. The Morgan fingerprint density at radius 3 is 2.69 bits per heavy atom. The lowest BCUT2D eigenvalue weighted by atomic mass is 10.0. The second-order valence-corrected chi connectivity index (χ2v) is 9.78. The third-order valence-electron chi connectivity index (χ3n) is 6.92. The van der Waals surface area contributed by atoms with Crippen molar-refractivity contribution in [1.82, 2.24) is 24.9 Å². The highest BCUT2D eigenvalue weighted by Crippen LogP contribution is 2.30. The number of nitrogens with one attached hydrogen (secondary N) is 2. The van der Waals surface area contributed by atoms with Crippen LogP contribution in [-0.2, 0) is 4.74 Å². The van der Waals surface area contributed by atoms with Crippen LogP contribution < -0.4 is 20.1 Å². The number of carbonyl (C=O) groups excluding carboxylic acids is 1. The number of hydrogen-bond acceptors (Lipinski definition) is 8. The molecule has 3 heterocycles. The Morgan fingerprint density at radius 2 is 1.92 bits per heavy atom. The van der Waals surface area contributed by atoms with E-state index in [2.05, 4.69) is 25.7 Å². The highest BCUT2D eigenvalue weighted by molar-refractivity contribution is 5.95. The van der Waals surface area contributed by atoms with Gasteiger partial charge >= 0.3 is 6.01 Å². The molecule has 2 aromatic heterocycles. The molecule has 2 aromatic carbocycles. The standard InChI is InChI=1S/C28H29FN6O4/c1-37-20-3-2-4-21(14-20)39-28-33-25-23(18-5-8-22(24(29)13-18)26(36)32-19-6-7-19)16-31-35(25)27(34-28)30-15-17-9-11-38-12-10-17/h2-5,8,13-14,16-17,19H,6-7,9-12,15H2,1H3,(H,32,36)(H,30,33,34). The lowest BCUT2D eigenvalue weighted by Gasteiger charge is -2.22. The summed E-state index contributed by atoms with van der Waals surface area (Å²) in [6, 6.07) is 11.9. The fraction of sp³-hybridized carbons (Fsp3) is 0.357. The highest BCUT2D eigenvalue weighted by atomic mass is 19.1. The molecular formula is C28H29FN6O4. The van der Waals surface area contributed by atoms with E-state index >= 15 is 4.39 Å². The number of methoxy groups -OCH3 is 1. The van der Waals surface area contributed by atoms with Crippen LogP contribution in [0.3, 0.4) is 0 Å². The first-order valence-corrected chi connectivity index (χ1v) is 13.1. The molecule has 4 aromatic rings. The first-order chi connectivity index (χ1) is 19.1. The van der Waals surface area contributed by atoms with Crippen LogP contribution in [-0.4, -0.2) is 58.4 Å². The van der Waals surface area contributed by atoms with Crippen LogP contribution in [0.1, 0.15) is 36.0 Å². The van der Waals surface area contributed by atoms with Gasteiger partial charge in [-0.15, -0.1) is 0 Å². The van der Waals surface area contributed by atoms with E-state index in [4.69, 9.17) is 14.2 Å². The maximum absolute atomic E-state index is 15.0. The van der Waals surface area contributed by atoms with E-state index in [1.807, 2.05) is 12.1 Å². The molecule has 202 valence electrons. The number of halogens is 1. The molecule has 0 atom stereocenters. The number of aromatic nitrogens is 4. The number of fused-ring (bicyclic) bond motifs is 1. The lowest BCUT2D eigenvalue weighted by molar-refractivity contribution is 0.0699. The van der Waals surface area contributed by atoms with E-state index in [0.717, 1.165) is 38.9 Å². The van der Waals surface area contributed by atoms with Gasteiger partial charge in [0.25, 0.3) is 5.91 Å². The predicted molar refractivity (Wildman–Crippen MR) is 142 cm³/mol. The molecule has 1 aliphatic carbocycles. The first kappa shape index (κ1) is 25.1. The fourth-order valence-electron chi connectivity index (χ4n) is 4.54. The highest BCUT2D eigenvalue weighted by Gasteiger charge is 2.25. The van der Waals surface area contributed by atoms with Crippen LogP contribution in [0, 0.1) is 11.7 Å². The van der Waals surface area contributed by atoms with Crippen molar-refractivity contribution in [3.8, 4) is 28.6 Å². The minimum absolute atomic E-state index is 0.0117. The van der Waals surface area contributed by atoms with Gasteiger partial charge in [-0.3, -0.25) is 4.79 Å². The lowest BCUT2D eigenvalue weighted by Crippen LogP contribution is -2.26. The number of ether oxygens (including phenoxy) is 3. The predicted octanol–water partition coefficient (Wildman–Crippen LogP) is 4.46. The third-order valence-corrected chi connectivity index (χ3v) is 6.92. The van der Waals surface area contributed by atoms with E-state index < -0.39 is 11.7 Å². The minimum atomic E-state index is -0.607. The van der Waals surface area contributed by atoms with Crippen molar-refractivity contribution < 1.29 is 23.4 Å². The van der Waals surface area contributed by atoms with E-state index in [0.29, 0.717) is 46.7 Å². The molecule has 39 heavy (non-hydrogen) atoms.